The van der Waals surface area contributed by atoms with Gasteiger partial charge >= 0.3 is 0 Å². The van der Waals surface area contributed by atoms with Crippen molar-refractivity contribution in [3.8, 4) is 0 Å². The summed E-state index contributed by atoms with van der Waals surface area (Å²) in [6.07, 6.45) is 11.4. The number of thiophene rings is 1. The Bertz CT molecular complexity index is 599. The third kappa shape index (κ3) is 7.97. The fraction of sp³-hybridized carbons (Fsp3) is 0.682. The van der Waals surface area contributed by atoms with Gasteiger partial charge in [0, 0.05) is 26.2 Å². The zero-order valence-corrected chi connectivity index (χ0v) is 19.8. The monoisotopic (exact) mass is 470 g/mol. The molecule has 1 saturated carbocycles. The van der Waals surface area contributed by atoms with E-state index in [-0.39, 0.29) is 5.91 Å². The molecule has 0 unspecified atom stereocenters. The molecule has 28 heavy (non-hydrogen) atoms. The number of nitrogens with zero attached hydrogens (tertiary/aromatic N) is 2. The average molecular weight is 472 g/mol. The third-order valence-corrected chi connectivity index (χ3v) is 7.14. The molecule has 1 heterocycles. The van der Waals surface area contributed by atoms with Crippen molar-refractivity contribution >= 4 is 33.2 Å². The van der Waals surface area contributed by atoms with Gasteiger partial charge in [-0.25, -0.2) is 0 Å². The van der Waals surface area contributed by atoms with Crippen molar-refractivity contribution in [2.24, 2.45) is 0 Å². The standard InChI is InChI=1S/C22H35BrN2O2S/c1-4-15-24(2)16-7-5-6-8-17-27-19-11-9-18(10-12-19)25(3)22(26)20-13-14-21(23)28-20/h4,13-14,18-19H,1,5-12,15-17H2,2-3H3. The molecule has 1 fully saturated rings. The quantitative estimate of drug-likeness (QED) is 0.294. The van der Waals surface area contributed by atoms with Crippen LogP contribution in [0.2, 0.25) is 0 Å². The molecule has 0 aromatic carbocycles. The van der Waals surface area contributed by atoms with Crippen molar-refractivity contribution in [1.29, 1.82) is 0 Å². The normalized spacial score (nSPS) is 19.7. The molecule has 4 nitrogen and oxygen atoms in total. The minimum atomic E-state index is 0.138. The molecule has 0 bridgehead atoms. The average Bonchev–Trinajstić information content (AvgIpc) is 3.13. The Balaban J connectivity index is 1.55. The third-order valence-electron chi connectivity index (χ3n) is 5.52. The molecule has 0 atom stereocenters. The van der Waals surface area contributed by atoms with Crippen molar-refractivity contribution in [2.45, 2.75) is 63.5 Å². The van der Waals surface area contributed by atoms with E-state index >= 15 is 0 Å². The van der Waals surface area contributed by atoms with E-state index in [1.807, 2.05) is 30.2 Å². The van der Waals surface area contributed by atoms with Crippen LogP contribution in [-0.2, 0) is 4.74 Å². The number of hydrogen-bond donors (Lipinski definition) is 0. The van der Waals surface area contributed by atoms with Crippen LogP contribution in [0.15, 0.2) is 28.6 Å². The predicted octanol–water partition coefficient (Wildman–Crippen LogP) is 5.59. The topological polar surface area (TPSA) is 32.8 Å². The number of carbonyl (C=O) groups excluding carboxylic acids is 1. The second-order valence-electron chi connectivity index (χ2n) is 7.79. The van der Waals surface area contributed by atoms with Crippen LogP contribution in [0.25, 0.3) is 0 Å². The van der Waals surface area contributed by atoms with Gasteiger partial charge in [0.25, 0.3) is 5.91 Å². The molecule has 1 aromatic rings. The van der Waals surface area contributed by atoms with E-state index in [4.69, 9.17) is 4.74 Å². The molecule has 1 aliphatic rings. The second-order valence-corrected chi connectivity index (χ2v) is 10.2. The molecule has 1 aromatic heterocycles. The first-order valence-electron chi connectivity index (χ1n) is 10.4. The van der Waals surface area contributed by atoms with E-state index in [1.165, 1.54) is 30.6 Å². The Labute approximate surface area is 183 Å². The molecule has 0 N–H and O–H groups in total. The maximum atomic E-state index is 12.6. The molecule has 1 amide bonds. The van der Waals surface area contributed by atoms with Crippen LogP contribution >= 0.6 is 27.3 Å². The van der Waals surface area contributed by atoms with Gasteiger partial charge in [-0.1, -0.05) is 18.9 Å². The van der Waals surface area contributed by atoms with E-state index in [0.29, 0.717) is 12.1 Å². The molecule has 0 saturated heterocycles. The van der Waals surface area contributed by atoms with E-state index in [1.54, 1.807) is 0 Å². The fourth-order valence-corrected chi connectivity index (χ4v) is 5.14. The summed E-state index contributed by atoms with van der Waals surface area (Å²) in [6.45, 7) is 6.76. The zero-order valence-electron chi connectivity index (χ0n) is 17.4. The lowest BCUT2D eigenvalue weighted by Gasteiger charge is -2.34. The van der Waals surface area contributed by atoms with Crippen LogP contribution in [0.1, 0.15) is 61.0 Å². The van der Waals surface area contributed by atoms with E-state index in [0.717, 1.165) is 60.5 Å². The Morgan fingerprint density at radius 1 is 1.21 bits per heavy atom. The summed E-state index contributed by atoms with van der Waals surface area (Å²) >= 11 is 4.94. The number of halogens is 1. The number of rotatable bonds is 12. The lowest BCUT2D eigenvalue weighted by Crippen LogP contribution is -2.40. The van der Waals surface area contributed by atoms with Gasteiger partial charge in [-0.2, -0.15) is 0 Å². The molecule has 158 valence electrons. The number of amides is 1. The zero-order chi connectivity index (χ0) is 20.4. The minimum absolute atomic E-state index is 0.138. The fourth-order valence-electron chi connectivity index (χ4n) is 3.77. The van der Waals surface area contributed by atoms with Gasteiger partial charge in [0.2, 0.25) is 0 Å². The summed E-state index contributed by atoms with van der Waals surface area (Å²) in [4.78, 5) is 17.6. The number of unbranched alkanes of at least 4 members (excludes halogenated alkanes) is 3. The lowest BCUT2D eigenvalue weighted by atomic mass is 9.92. The largest absolute Gasteiger partial charge is 0.378 e. The van der Waals surface area contributed by atoms with Gasteiger partial charge in [0.05, 0.1) is 14.8 Å². The Morgan fingerprint density at radius 3 is 2.57 bits per heavy atom. The van der Waals surface area contributed by atoms with E-state index in [9.17, 15) is 4.79 Å². The van der Waals surface area contributed by atoms with Gasteiger partial charge in [-0.15, -0.1) is 17.9 Å². The number of likely N-dealkylation sites (N-methyl/N-ethyl adjacent to an activating group) is 1. The van der Waals surface area contributed by atoms with Crippen molar-refractivity contribution in [2.75, 3.05) is 33.8 Å². The highest BCUT2D eigenvalue weighted by atomic mass is 79.9. The van der Waals surface area contributed by atoms with Crippen LogP contribution in [0.4, 0.5) is 0 Å². The summed E-state index contributed by atoms with van der Waals surface area (Å²) in [5.74, 6) is 0.138. The highest BCUT2D eigenvalue weighted by molar-refractivity contribution is 9.11. The summed E-state index contributed by atoms with van der Waals surface area (Å²) in [7, 11) is 4.08. The highest BCUT2D eigenvalue weighted by Gasteiger charge is 2.27. The Hall–Kier alpha value is -0.690. The molecular formula is C22H35BrN2O2S. The first-order chi connectivity index (χ1) is 13.5. The van der Waals surface area contributed by atoms with E-state index < -0.39 is 0 Å². The first kappa shape index (κ1) is 23.6. The summed E-state index contributed by atoms with van der Waals surface area (Å²) in [6, 6.07) is 4.18. The molecule has 2 rings (SSSR count). The number of carbonyl (C=O) groups is 1. The van der Waals surface area contributed by atoms with Gasteiger partial charge in [0.15, 0.2) is 0 Å². The van der Waals surface area contributed by atoms with Crippen molar-refractivity contribution < 1.29 is 9.53 Å². The summed E-state index contributed by atoms with van der Waals surface area (Å²) < 4.78 is 7.10. The maximum Gasteiger partial charge on any atom is 0.263 e. The summed E-state index contributed by atoms with van der Waals surface area (Å²) in [5, 5.41) is 0. The maximum absolute atomic E-state index is 12.6. The van der Waals surface area contributed by atoms with Crippen LogP contribution in [-0.4, -0.2) is 61.6 Å². The van der Waals surface area contributed by atoms with Gasteiger partial charge in [-0.3, -0.25) is 4.79 Å². The van der Waals surface area contributed by atoms with Crippen molar-refractivity contribution in [3.63, 3.8) is 0 Å². The predicted molar refractivity (Wildman–Crippen MR) is 122 cm³/mol. The molecule has 0 spiro atoms. The molecule has 1 aliphatic carbocycles. The first-order valence-corrected chi connectivity index (χ1v) is 12.1. The minimum Gasteiger partial charge on any atom is -0.378 e. The van der Waals surface area contributed by atoms with Gasteiger partial charge < -0.3 is 14.5 Å². The van der Waals surface area contributed by atoms with Crippen LogP contribution < -0.4 is 0 Å². The van der Waals surface area contributed by atoms with Crippen molar-refractivity contribution in [1.82, 2.24) is 9.80 Å². The lowest BCUT2D eigenvalue weighted by molar-refractivity contribution is 0.00915. The second kappa shape index (κ2) is 12.8. The Kier molecular flexibility index (Phi) is 10.8. The number of ether oxygens (including phenoxy) is 1. The smallest absolute Gasteiger partial charge is 0.263 e. The SMILES string of the molecule is C=CCN(C)CCCCCCOC1CCC(N(C)C(=O)c2ccc(Br)s2)CC1. The number of hydrogen-bond acceptors (Lipinski definition) is 4. The van der Waals surface area contributed by atoms with E-state index in [2.05, 4.69) is 34.5 Å². The van der Waals surface area contributed by atoms with Crippen molar-refractivity contribution in [3.05, 3.63) is 33.5 Å². The Morgan fingerprint density at radius 2 is 1.93 bits per heavy atom. The van der Waals surface area contributed by atoms with Crippen LogP contribution in [0.5, 0.6) is 0 Å². The highest BCUT2D eigenvalue weighted by Crippen LogP contribution is 2.28. The molecule has 0 aliphatic heterocycles. The van der Waals surface area contributed by atoms with Crippen LogP contribution in [0, 0.1) is 0 Å². The molecule has 6 heteroatoms. The molecular weight excluding hydrogens is 436 g/mol. The van der Waals surface area contributed by atoms with Gasteiger partial charge in [-0.05, 0) is 80.2 Å². The van der Waals surface area contributed by atoms with Gasteiger partial charge in [0.1, 0.15) is 0 Å². The molecule has 0 radical (unpaired) electrons. The summed E-state index contributed by atoms with van der Waals surface area (Å²) in [5.41, 5.74) is 0. The van der Waals surface area contributed by atoms with Crippen LogP contribution in [0.3, 0.4) is 0 Å².